The summed E-state index contributed by atoms with van der Waals surface area (Å²) in [6, 6.07) is 11.9. The molecule has 28 heavy (non-hydrogen) atoms. The Kier molecular flexibility index (Phi) is 5.49. The molecule has 6 heteroatoms. The number of nitrogens with zero attached hydrogens (tertiary/aromatic N) is 1. The topological polar surface area (TPSA) is 67.0 Å². The van der Waals surface area contributed by atoms with E-state index in [-0.39, 0.29) is 11.9 Å². The van der Waals surface area contributed by atoms with Gasteiger partial charge in [-0.1, -0.05) is 30.4 Å². The second-order valence-corrected chi connectivity index (χ2v) is 7.64. The van der Waals surface area contributed by atoms with Crippen LogP contribution in [0.15, 0.2) is 48.5 Å². The molecule has 3 rings (SSSR count). The Hall–Kier alpha value is -3.15. The molecule has 1 aromatic heterocycles. The van der Waals surface area contributed by atoms with Crippen molar-refractivity contribution in [2.45, 2.75) is 39.3 Å². The number of carbonyl (C=O) groups is 1. The lowest BCUT2D eigenvalue weighted by Gasteiger charge is -2.21. The van der Waals surface area contributed by atoms with Gasteiger partial charge in [-0.05, 0) is 52.0 Å². The van der Waals surface area contributed by atoms with E-state index < -0.39 is 11.7 Å². The first-order valence-corrected chi connectivity index (χ1v) is 9.14. The zero-order valence-corrected chi connectivity index (χ0v) is 16.4. The third-order valence-corrected chi connectivity index (χ3v) is 4.06. The second-order valence-electron chi connectivity index (χ2n) is 7.64. The summed E-state index contributed by atoms with van der Waals surface area (Å²) in [4.78, 5) is 11.9. The molecule has 0 aliphatic rings. The Morgan fingerprint density at radius 2 is 1.93 bits per heavy atom. The number of fused-ring (bicyclic) bond motifs is 1. The van der Waals surface area contributed by atoms with Gasteiger partial charge >= 0.3 is 6.09 Å². The van der Waals surface area contributed by atoms with E-state index in [1.807, 2.05) is 58.0 Å². The molecule has 5 nitrogen and oxygen atoms in total. The predicted octanol–water partition coefficient (Wildman–Crippen LogP) is 5.30. The highest BCUT2D eigenvalue weighted by Gasteiger charge is 2.17. The van der Waals surface area contributed by atoms with Gasteiger partial charge in [0.15, 0.2) is 0 Å². The molecule has 3 aromatic rings. The molecule has 2 N–H and O–H groups in total. The highest BCUT2D eigenvalue weighted by atomic mass is 19.1. The summed E-state index contributed by atoms with van der Waals surface area (Å²) in [6.45, 7) is 7.34. The summed E-state index contributed by atoms with van der Waals surface area (Å²) < 4.78 is 18.5. The van der Waals surface area contributed by atoms with Crippen LogP contribution in [0.1, 0.15) is 33.3 Å². The van der Waals surface area contributed by atoms with Gasteiger partial charge in [0.25, 0.3) is 0 Å². The maximum absolute atomic E-state index is 13.2. The highest BCUT2D eigenvalue weighted by Crippen LogP contribution is 2.28. The molecule has 0 unspecified atom stereocenters. The normalized spacial score (nSPS) is 13.0. The highest BCUT2D eigenvalue weighted by molar-refractivity contribution is 5.97. The number of halogens is 1. The second kappa shape index (κ2) is 7.84. The van der Waals surface area contributed by atoms with E-state index in [0.29, 0.717) is 0 Å². The van der Waals surface area contributed by atoms with Crippen molar-refractivity contribution in [3.05, 3.63) is 59.9 Å². The van der Waals surface area contributed by atoms with Crippen molar-refractivity contribution in [2.75, 3.05) is 0 Å². The molecular formula is C22H24FN3O2. The summed E-state index contributed by atoms with van der Waals surface area (Å²) in [7, 11) is 0. The Balaban J connectivity index is 1.79. The molecule has 146 valence electrons. The van der Waals surface area contributed by atoms with Gasteiger partial charge in [0, 0.05) is 22.6 Å². The summed E-state index contributed by atoms with van der Waals surface area (Å²) >= 11 is 0. The van der Waals surface area contributed by atoms with Gasteiger partial charge in [0.1, 0.15) is 11.4 Å². The van der Waals surface area contributed by atoms with Gasteiger partial charge in [-0.25, -0.2) is 9.18 Å². The van der Waals surface area contributed by atoms with Crippen molar-refractivity contribution < 1.29 is 13.9 Å². The van der Waals surface area contributed by atoms with Crippen LogP contribution < -0.4 is 5.32 Å². The number of rotatable bonds is 4. The molecule has 1 amide bonds. The van der Waals surface area contributed by atoms with E-state index in [2.05, 4.69) is 15.5 Å². The summed E-state index contributed by atoms with van der Waals surface area (Å²) in [5.41, 5.74) is 2.89. The number of nitrogens with one attached hydrogen (secondary N) is 2. The fraction of sp³-hybridized carbons (Fsp3) is 0.273. The quantitative estimate of drug-likeness (QED) is 0.645. The van der Waals surface area contributed by atoms with Gasteiger partial charge in [-0.15, -0.1) is 0 Å². The first-order valence-electron chi connectivity index (χ1n) is 9.14. The lowest BCUT2D eigenvalue weighted by atomic mass is 10.0. The van der Waals surface area contributed by atoms with Gasteiger partial charge < -0.3 is 10.1 Å². The molecule has 0 aliphatic heterocycles. The number of carbonyl (C=O) groups excluding carboxylic acids is 1. The molecule has 0 fully saturated rings. The van der Waals surface area contributed by atoms with Crippen molar-refractivity contribution in [3.8, 4) is 11.3 Å². The Bertz CT molecular complexity index is 1000. The van der Waals surface area contributed by atoms with Crippen molar-refractivity contribution in [1.82, 2.24) is 15.5 Å². The third kappa shape index (κ3) is 4.76. The van der Waals surface area contributed by atoms with E-state index in [4.69, 9.17) is 4.74 Å². The largest absolute Gasteiger partial charge is 0.444 e. The van der Waals surface area contributed by atoms with Crippen LogP contribution in [-0.4, -0.2) is 27.9 Å². The molecule has 0 spiro atoms. The molecule has 0 bridgehead atoms. The van der Waals surface area contributed by atoms with E-state index in [1.165, 1.54) is 12.1 Å². The van der Waals surface area contributed by atoms with Gasteiger partial charge in [0.2, 0.25) is 0 Å². The Morgan fingerprint density at radius 1 is 1.21 bits per heavy atom. The summed E-state index contributed by atoms with van der Waals surface area (Å²) in [6.07, 6.45) is 3.34. The van der Waals surface area contributed by atoms with E-state index in [9.17, 15) is 9.18 Å². The molecule has 0 radical (unpaired) electrons. The maximum atomic E-state index is 13.2. The minimum Gasteiger partial charge on any atom is -0.444 e. The number of benzene rings is 2. The number of hydrogen-bond acceptors (Lipinski definition) is 3. The number of H-pyrrole nitrogens is 1. The lowest BCUT2D eigenvalue weighted by molar-refractivity contribution is 0.0518. The monoisotopic (exact) mass is 381 g/mol. The van der Waals surface area contributed by atoms with Gasteiger partial charge in [-0.2, -0.15) is 5.10 Å². The maximum Gasteiger partial charge on any atom is 0.408 e. The van der Waals surface area contributed by atoms with E-state index in [1.54, 1.807) is 12.1 Å². The Labute approximate surface area is 163 Å². The zero-order chi connectivity index (χ0) is 20.3. The molecular weight excluding hydrogens is 357 g/mol. The predicted molar refractivity (Wildman–Crippen MR) is 109 cm³/mol. The smallest absolute Gasteiger partial charge is 0.408 e. The zero-order valence-electron chi connectivity index (χ0n) is 16.4. The van der Waals surface area contributed by atoms with Crippen LogP contribution in [0.25, 0.3) is 28.2 Å². The van der Waals surface area contributed by atoms with Crippen LogP contribution >= 0.6 is 0 Å². The molecule has 0 saturated heterocycles. The molecule has 0 aliphatic carbocycles. The number of aromatic nitrogens is 2. The average molecular weight is 381 g/mol. The number of para-hydroxylation sites is 1. The average Bonchev–Trinajstić information content (AvgIpc) is 3.03. The van der Waals surface area contributed by atoms with Crippen LogP contribution in [0.5, 0.6) is 0 Å². The number of ether oxygens (including phenoxy) is 1. The fourth-order valence-corrected chi connectivity index (χ4v) is 2.82. The van der Waals surface area contributed by atoms with Crippen molar-refractivity contribution in [1.29, 1.82) is 0 Å². The molecule has 0 saturated carbocycles. The molecule has 1 atom stereocenters. The number of amides is 1. The fourth-order valence-electron chi connectivity index (χ4n) is 2.82. The summed E-state index contributed by atoms with van der Waals surface area (Å²) in [5, 5.41) is 11.2. The first kappa shape index (κ1) is 19.6. The minimum atomic E-state index is -0.537. The van der Waals surface area contributed by atoms with Crippen molar-refractivity contribution >= 4 is 23.1 Å². The van der Waals surface area contributed by atoms with Crippen molar-refractivity contribution in [2.24, 2.45) is 0 Å². The SMILES string of the molecule is C[C@@H](C=Cc1cccc2c(-c3ccc(F)cc3)[nH]nc12)NC(=O)OC(C)(C)C. The van der Waals surface area contributed by atoms with Crippen LogP contribution in [-0.2, 0) is 4.74 Å². The number of aromatic amines is 1. The van der Waals surface area contributed by atoms with Gasteiger partial charge in [-0.3, -0.25) is 5.10 Å². The van der Waals surface area contributed by atoms with Crippen molar-refractivity contribution in [3.63, 3.8) is 0 Å². The Morgan fingerprint density at radius 3 is 2.61 bits per heavy atom. The number of hydrogen-bond donors (Lipinski definition) is 2. The van der Waals surface area contributed by atoms with E-state index >= 15 is 0 Å². The van der Waals surface area contributed by atoms with Crippen LogP contribution in [0.3, 0.4) is 0 Å². The minimum absolute atomic E-state index is 0.208. The van der Waals surface area contributed by atoms with Crippen LogP contribution in [0, 0.1) is 5.82 Å². The lowest BCUT2D eigenvalue weighted by Crippen LogP contribution is -2.36. The van der Waals surface area contributed by atoms with Gasteiger partial charge in [0.05, 0.1) is 11.2 Å². The van der Waals surface area contributed by atoms with E-state index in [0.717, 1.165) is 27.7 Å². The first-order chi connectivity index (χ1) is 13.2. The number of alkyl carbamates (subject to hydrolysis) is 1. The summed E-state index contributed by atoms with van der Waals surface area (Å²) in [5.74, 6) is -0.275. The van der Waals surface area contributed by atoms with Crippen LogP contribution in [0.2, 0.25) is 0 Å². The third-order valence-electron chi connectivity index (χ3n) is 4.06. The molecule has 1 heterocycles. The molecule has 2 aromatic carbocycles. The standard InChI is InChI=1S/C22H24FN3O2/c1-14(24-21(27)28-22(2,3)4)8-9-15-6-5-7-18-19(15)25-26-20(18)16-10-12-17(23)13-11-16/h5-14H,1-4H3,(H,24,27)(H,25,26)/t14-/m0/s1. The van der Waals surface area contributed by atoms with Crippen LogP contribution in [0.4, 0.5) is 9.18 Å².